The van der Waals surface area contributed by atoms with E-state index < -0.39 is 28.5 Å². The molecule has 7 nitrogen and oxygen atoms in total. The smallest absolute Gasteiger partial charge is 0.264 e. The maximum absolute atomic E-state index is 14.4. The van der Waals surface area contributed by atoms with Gasteiger partial charge in [0.1, 0.15) is 12.6 Å². The lowest BCUT2D eigenvalue weighted by Gasteiger charge is -2.34. The number of likely N-dealkylation sites (N-methyl/N-ethyl adjacent to an activating group) is 1. The van der Waals surface area contributed by atoms with E-state index in [0.29, 0.717) is 6.54 Å². The van der Waals surface area contributed by atoms with Crippen LogP contribution < -0.4 is 9.62 Å². The van der Waals surface area contributed by atoms with Gasteiger partial charge in [0.15, 0.2) is 0 Å². The average Bonchev–Trinajstić information content (AvgIpc) is 3.00. The lowest BCUT2D eigenvalue weighted by atomic mass is 10.0. The van der Waals surface area contributed by atoms with E-state index in [1.165, 1.54) is 35.2 Å². The number of carbonyl (C=O) groups excluding carboxylic acids is 2. The first-order valence-corrected chi connectivity index (χ1v) is 16.0. The van der Waals surface area contributed by atoms with E-state index >= 15 is 0 Å². The number of benzene rings is 4. The van der Waals surface area contributed by atoms with Gasteiger partial charge >= 0.3 is 0 Å². The molecule has 0 saturated carbocycles. The molecule has 0 spiro atoms. The molecule has 0 aromatic heterocycles. The molecule has 43 heavy (non-hydrogen) atoms. The standard InChI is InChI=1S/C33H33Cl2N3O4S/c1-3-36-33(40)31(20-25-13-6-4-7-14-25)37(22-26-15-11-10-12-24(26)2)32(39)23-38(30-21-27(34)18-19-29(30)35)43(41,42)28-16-8-5-9-17-28/h4-19,21,31H,3,20,22-23H2,1-2H3,(H,36,40). The molecule has 1 N–H and O–H groups in total. The normalized spacial score (nSPS) is 11.9. The number of carbonyl (C=O) groups is 2. The Labute approximate surface area is 263 Å². The van der Waals surface area contributed by atoms with E-state index in [0.717, 1.165) is 21.0 Å². The Hall–Kier alpha value is -3.85. The fourth-order valence-corrected chi connectivity index (χ4v) is 6.61. The van der Waals surface area contributed by atoms with Crippen LogP contribution in [0.1, 0.15) is 23.6 Å². The first-order chi connectivity index (χ1) is 20.6. The second-order valence-electron chi connectivity index (χ2n) is 9.97. The summed E-state index contributed by atoms with van der Waals surface area (Å²) in [6.07, 6.45) is 0.230. The Morgan fingerprint density at radius 1 is 0.860 bits per heavy atom. The quantitative estimate of drug-likeness (QED) is 0.198. The molecule has 0 fully saturated rings. The van der Waals surface area contributed by atoms with Crippen LogP contribution >= 0.6 is 23.2 Å². The SMILES string of the molecule is CCNC(=O)C(Cc1ccccc1)N(Cc1ccccc1C)C(=O)CN(c1cc(Cl)ccc1Cl)S(=O)(=O)c1ccccc1. The summed E-state index contributed by atoms with van der Waals surface area (Å²) in [5, 5.41) is 3.21. The molecule has 0 aliphatic carbocycles. The lowest BCUT2D eigenvalue weighted by molar-refractivity contribution is -0.140. The van der Waals surface area contributed by atoms with Crippen molar-refractivity contribution in [1.82, 2.24) is 10.2 Å². The molecule has 0 heterocycles. The Morgan fingerprint density at radius 2 is 1.49 bits per heavy atom. The summed E-state index contributed by atoms with van der Waals surface area (Å²) in [6.45, 7) is 3.56. The monoisotopic (exact) mass is 637 g/mol. The zero-order chi connectivity index (χ0) is 31.0. The number of rotatable bonds is 12. The predicted molar refractivity (Wildman–Crippen MR) is 172 cm³/mol. The van der Waals surface area contributed by atoms with Gasteiger partial charge in [0.05, 0.1) is 15.6 Å². The molecule has 0 radical (unpaired) electrons. The van der Waals surface area contributed by atoms with E-state index in [2.05, 4.69) is 5.32 Å². The third-order valence-electron chi connectivity index (χ3n) is 7.01. The maximum Gasteiger partial charge on any atom is 0.264 e. The van der Waals surface area contributed by atoms with Gasteiger partial charge in [-0.2, -0.15) is 0 Å². The number of amides is 2. The van der Waals surface area contributed by atoms with Gasteiger partial charge in [0.25, 0.3) is 10.0 Å². The number of nitrogens with zero attached hydrogens (tertiary/aromatic N) is 2. The molecule has 10 heteroatoms. The van der Waals surface area contributed by atoms with Gasteiger partial charge in [-0.05, 0) is 60.9 Å². The van der Waals surface area contributed by atoms with Crippen molar-refractivity contribution >= 4 is 50.7 Å². The van der Waals surface area contributed by atoms with E-state index in [-0.39, 0.29) is 39.5 Å². The highest BCUT2D eigenvalue weighted by Gasteiger charge is 2.35. The number of hydrogen-bond donors (Lipinski definition) is 1. The molecule has 0 bridgehead atoms. The van der Waals surface area contributed by atoms with Crippen molar-refractivity contribution in [2.45, 2.75) is 37.8 Å². The summed E-state index contributed by atoms with van der Waals surface area (Å²) in [7, 11) is -4.28. The molecule has 1 unspecified atom stereocenters. The number of anilines is 1. The fourth-order valence-electron chi connectivity index (χ4n) is 4.73. The van der Waals surface area contributed by atoms with Crippen LogP contribution in [0.5, 0.6) is 0 Å². The highest BCUT2D eigenvalue weighted by molar-refractivity contribution is 7.92. The first-order valence-electron chi connectivity index (χ1n) is 13.8. The van der Waals surface area contributed by atoms with E-state index in [9.17, 15) is 18.0 Å². The Balaban J connectivity index is 1.83. The summed E-state index contributed by atoms with van der Waals surface area (Å²) in [5.74, 6) is -0.919. The summed E-state index contributed by atoms with van der Waals surface area (Å²) < 4.78 is 29.0. The van der Waals surface area contributed by atoms with Crippen LogP contribution in [0, 0.1) is 6.92 Å². The molecule has 4 aromatic rings. The minimum Gasteiger partial charge on any atom is -0.355 e. The van der Waals surface area contributed by atoms with Gasteiger partial charge in [-0.25, -0.2) is 8.42 Å². The molecule has 1 atom stereocenters. The molecule has 4 aromatic carbocycles. The van der Waals surface area contributed by atoms with Crippen LogP contribution in [0.15, 0.2) is 108 Å². The number of nitrogens with one attached hydrogen (secondary N) is 1. The zero-order valence-corrected chi connectivity index (χ0v) is 26.2. The van der Waals surface area contributed by atoms with Crippen molar-refractivity contribution in [2.75, 3.05) is 17.4 Å². The van der Waals surface area contributed by atoms with Gasteiger partial charge in [-0.1, -0.05) is 96.0 Å². The van der Waals surface area contributed by atoms with Crippen LogP contribution in [0.25, 0.3) is 0 Å². The van der Waals surface area contributed by atoms with Gasteiger partial charge < -0.3 is 10.2 Å². The molecule has 0 aliphatic rings. The third kappa shape index (κ3) is 7.96. The molecule has 4 rings (SSSR count). The van der Waals surface area contributed by atoms with Gasteiger partial charge in [-0.3, -0.25) is 13.9 Å². The number of aryl methyl sites for hydroxylation is 1. The lowest BCUT2D eigenvalue weighted by Crippen LogP contribution is -2.53. The highest BCUT2D eigenvalue weighted by atomic mass is 35.5. The number of hydrogen-bond acceptors (Lipinski definition) is 4. The largest absolute Gasteiger partial charge is 0.355 e. The third-order valence-corrected chi connectivity index (χ3v) is 9.34. The van der Waals surface area contributed by atoms with Crippen molar-refractivity contribution in [2.24, 2.45) is 0 Å². The number of halogens is 2. The topological polar surface area (TPSA) is 86.8 Å². The van der Waals surface area contributed by atoms with Gasteiger partial charge in [0.2, 0.25) is 11.8 Å². The highest BCUT2D eigenvalue weighted by Crippen LogP contribution is 2.33. The first kappa shape index (κ1) is 32.1. The second-order valence-corrected chi connectivity index (χ2v) is 12.7. The Bertz CT molecular complexity index is 1670. The summed E-state index contributed by atoms with van der Waals surface area (Å²) in [4.78, 5) is 29.4. The molecule has 0 aliphatic heterocycles. The van der Waals surface area contributed by atoms with Gasteiger partial charge in [-0.15, -0.1) is 0 Å². The maximum atomic E-state index is 14.4. The van der Waals surface area contributed by atoms with E-state index in [1.807, 2.05) is 61.5 Å². The van der Waals surface area contributed by atoms with Crippen LogP contribution in [-0.4, -0.2) is 44.3 Å². The Kier molecular flexibility index (Phi) is 10.9. The van der Waals surface area contributed by atoms with Crippen molar-refractivity contribution < 1.29 is 18.0 Å². The zero-order valence-electron chi connectivity index (χ0n) is 23.9. The second kappa shape index (κ2) is 14.6. The van der Waals surface area contributed by atoms with Crippen molar-refractivity contribution in [1.29, 1.82) is 0 Å². The van der Waals surface area contributed by atoms with E-state index in [4.69, 9.17) is 23.2 Å². The predicted octanol–water partition coefficient (Wildman–Crippen LogP) is 6.27. The molecule has 224 valence electrons. The molecule has 2 amide bonds. The fraction of sp³-hybridized carbons (Fsp3) is 0.212. The van der Waals surface area contributed by atoms with Crippen LogP contribution in [-0.2, 0) is 32.6 Å². The van der Waals surface area contributed by atoms with Crippen LogP contribution in [0.3, 0.4) is 0 Å². The van der Waals surface area contributed by atoms with Crippen LogP contribution in [0.4, 0.5) is 5.69 Å². The Morgan fingerprint density at radius 3 is 2.14 bits per heavy atom. The molecule has 0 saturated heterocycles. The van der Waals surface area contributed by atoms with E-state index in [1.54, 1.807) is 25.1 Å². The summed E-state index contributed by atoms with van der Waals surface area (Å²) >= 11 is 12.8. The van der Waals surface area contributed by atoms with Crippen molar-refractivity contribution in [3.05, 3.63) is 130 Å². The summed E-state index contributed by atoms with van der Waals surface area (Å²) in [6, 6.07) is 28.3. The van der Waals surface area contributed by atoms with Crippen LogP contribution in [0.2, 0.25) is 10.0 Å². The average molecular weight is 639 g/mol. The molecular weight excluding hydrogens is 605 g/mol. The summed E-state index contributed by atoms with van der Waals surface area (Å²) in [5.41, 5.74) is 2.67. The van der Waals surface area contributed by atoms with Crippen molar-refractivity contribution in [3.63, 3.8) is 0 Å². The minimum absolute atomic E-state index is 0.0196. The van der Waals surface area contributed by atoms with Gasteiger partial charge in [0, 0.05) is 24.5 Å². The van der Waals surface area contributed by atoms with Crippen molar-refractivity contribution in [3.8, 4) is 0 Å². The minimum atomic E-state index is -4.28. The number of sulfonamides is 1. The molecular formula is C33H33Cl2N3O4S.